The Balaban J connectivity index is 3.14. The molecule has 0 amide bonds. The third-order valence-electron chi connectivity index (χ3n) is 2.52. The summed E-state index contributed by atoms with van der Waals surface area (Å²) in [6.07, 6.45) is -3.84. The normalized spacial score (nSPS) is 11.3. The minimum absolute atomic E-state index is 0.0513. The smallest absolute Gasteiger partial charge is 0.466 e. The van der Waals surface area contributed by atoms with Gasteiger partial charge in [-0.25, -0.2) is 4.98 Å². The van der Waals surface area contributed by atoms with Crippen LogP contribution in [0.5, 0.6) is 5.88 Å². The largest absolute Gasteiger partial charge is 0.574 e. The number of halogens is 3. The molecule has 0 unspecified atom stereocenters. The first-order valence-corrected chi connectivity index (χ1v) is 5.87. The second-order valence-electron chi connectivity index (χ2n) is 3.94. The Labute approximate surface area is 113 Å². The van der Waals surface area contributed by atoms with Crippen LogP contribution in [0, 0.1) is 6.92 Å². The van der Waals surface area contributed by atoms with Gasteiger partial charge in [0.25, 0.3) is 0 Å². The number of ether oxygens (including phenoxy) is 2. The van der Waals surface area contributed by atoms with Gasteiger partial charge >= 0.3 is 12.3 Å². The second kappa shape index (κ2) is 6.56. The molecule has 20 heavy (non-hydrogen) atoms. The van der Waals surface area contributed by atoms with Crippen LogP contribution in [0.15, 0.2) is 6.20 Å². The van der Waals surface area contributed by atoms with Crippen LogP contribution < -0.4 is 10.5 Å². The predicted molar refractivity (Wildman–Crippen MR) is 63.9 cm³/mol. The number of carbonyl (C=O) groups is 1. The number of aryl methyl sites for hydroxylation is 1. The fourth-order valence-corrected chi connectivity index (χ4v) is 1.69. The van der Waals surface area contributed by atoms with E-state index in [4.69, 9.17) is 10.5 Å². The highest BCUT2D eigenvalue weighted by Gasteiger charge is 2.33. The molecule has 1 rings (SSSR count). The molecule has 0 aliphatic rings. The standard InChI is InChI=1S/C12H15F3N2O3/c1-3-19-10(18)4-8-7(2)6-17-11(9(8)5-16)20-12(13,14)15/h6H,3-5,16H2,1-2H3. The molecule has 0 bridgehead atoms. The number of esters is 1. The van der Waals surface area contributed by atoms with Gasteiger partial charge in [-0.1, -0.05) is 0 Å². The van der Waals surface area contributed by atoms with E-state index in [0.29, 0.717) is 11.1 Å². The first-order valence-electron chi connectivity index (χ1n) is 5.87. The van der Waals surface area contributed by atoms with Crippen LogP contribution in [0.1, 0.15) is 23.6 Å². The maximum Gasteiger partial charge on any atom is 0.574 e. The number of hydrogen-bond acceptors (Lipinski definition) is 5. The van der Waals surface area contributed by atoms with Gasteiger partial charge in [0.15, 0.2) is 0 Å². The Hall–Kier alpha value is -1.83. The highest BCUT2D eigenvalue weighted by Crippen LogP contribution is 2.28. The Morgan fingerprint density at radius 3 is 2.55 bits per heavy atom. The summed E-state index contributed by atoms with van der Waals surface area (Å²) in [4.78, 5) is 15.1. The number of nitrogens with two attached hydrogens (primary N) is 1. The molecule has 0 saturated heterocycles. The monoisotopic (exact) mass is 292 g/mol. The van der Waals surface area contributed by atoms with Crippen molar-refractivity contribution in [3.8, 4) is 5.88 Å². The van der Waals surface area contributed by atoms with E-state index in [1.807, 2.05) is 0 Å². The molecule has 0 aliphatic carbocycles. The van der Waals surface area contributed by atoms with Crippen molar-refractivity contribution in [1.82, 2.24) is 4.98 Å². The van der Waals surface area contributed by atoms with Gasteiger partial charge in [0.05, 0.1) is 13.0 Å². The number of aromatic nitrogens is 1. The fourth-order valence-electron chi connectivity index (χ4n) is 1.69. The topological polar surface area (TPSA) is 74.4 Å². The molecule has 0 spiro atoms. The summed E-state index contributed by atoms with van der Waals surface area (Å²) in [6, 6.07) is 0. The van der Waals surface area contributed by atoms with E-state index in [1.165, 1.54) is 6.20 Å². The lowest BCUT2D eigenvalue weighted by molar-refractivity contribution is -0.276. The molecule has 0 radical (unpaired) electrons. The van der Waals surface area contributed by atoms with Crippen molar-refractivity contribution in [2.24, 2.45) is 5.73 Å². The maximum atomic E-state index is 12.3. The van der Waals surface area contributed by atoms with Crippen molar-refractivity contribution < 1.29 is 27.4 Å². The SMILES string of the molecule is CCOC(=O)Cc1c(C)cnc(OC(F)(F)F)c1CN. The average molecular weight is 292 g/mol. The van der Waals surface area contributed by atoms with E-state index in [1.54, 1.807) is 13.8 Å². The van der Waals surface area contributed by atoms with Crippen molar-refractivity contribution in [2.75, 3.05) is 6.61 Å². The third-order valence-corrected chi connectivity index (χ3v) is 2.52. The molecular formula is C12H15F3N2O3. The van der Waals surface area contributed by atoms with Crippen LogP contribution in [0.25, 0.3) is 0 Å². The van der Waals surface area contributed by atoms with E-state index in [0.717, 1.165) is 0 Å². The van der Waals surface area contributed by atoms with Crippen molar-refractivity contribution in [2.45, 2.75) is 33.2 Å². The lowest BCUT2D eigenvalue weighted by Gasteiger charge is -2.16. The van der Waals surface area contributed by atoms with Crippen LogP contribution >= 0.6 is 0 Å². The summed E-state index contributed by atoms with van der Waals surface area (Å²) < 4.78 is 45.4. The van der Waals surface area contributed by atoms with Crippen molar-refractivity contribution in [3.05, 3.63) is 22.9 Å². The molecule has 1 aromatic heterocycles. The molecule has 8 heteroatoms. The van der Waals surface area contributed by atoms with Gasteiger partial charge in [-0.3, -0.25) is 4.79 Å². The highest BCUT2D eigenvalue weighted by atomic mass is 19.4. The van der Waals surface area contributed by atoms with E-state index in [2.05, 4.69) is 9.72 Å². The van der Waals surface area contributed by atoms with E-state index >= 15 is 0 Å². The number of pyridine rings is 1. The fraction of sp³-hybridized carbons (Fsp3) is 0.500. The zero-order valence-corrected chi connectivity index (χ0v) is 11.1. The summed E-state index contributed by atoms with van der Waals surface area (Å²) in [5, 5.41) is 0. The molecule has 0 atom stereocenters. The van der Waals surface area contributed by atoms with Crippen LogP contribution in [-0.4, -0.2) is 23.9 Å². The molecule has 0 aromatic carbocycles. The highest BCUT2D eigenvalue weighted by molar-refractivity contribution is 5.73. The molecule has 112 valence electrons. The molecule has 0 fully saturated rings. The number of alkyl halides is 3. The summed E-state index contributed by atoms with van der Waals surface area (Å²) in [5.74, 6) is -1.18. The van der Waals surface area contributed by atoms with Gasteiger partial charge in [0.2, 0.25) is 5.88 Å². The first kappa shape index (κ1) is 16.2. The van der Waals surface area contributed by atoms with Crippen LogP contribution in [0.4, 0.5) is 13.2 Å². The first-order chi connectivity index (χ1) is 9.28. The Kier molecular flexibility index (Phi) is 5.32. The predicted octanol–water partition coefficient (Wildman–Crippen LogP) is 1.85. The Morgan fingerprint density at radius 2 is 2.05 bits per heavy atom. The molecule has 5 nitrogen and oxygen atoms in total. The molecule has 0 saturated carbocycles. The van der Waals surface area contributed by atoms with Crippen molar-refractivity contribution in [3.63, 3.8) is 0 Å². The quantitative estimate of drug-likeness (QED) is 0.838. The molecule has 2 N–H and O–H groups in total. The number of carbonyl (C=O) groups excluding carboxylic acids is 1. The number of hydrogen-bond donors (Lipinski definition) is 1. The average Bonchev–Trinajstić information content (AvgIpc) is 2.32. The second-order valence-corrected chi connectivity index (χ2v) is 3.94. The summed E-state index contributed by atoms with van der Waals surface area (Å²) in [6.45, 7) is 3.22. The van der Waals surface area contributed by atoms with Crippen LogP contribution in [0.3, 0.4) is 0 Å². The summed E-state index contributed by atoms with van der Waals surface area (Å²) in [7, 11) is 0. The number of nitrogens with zero attached hydrogens (tertiary/aromatic N) is 1. The van der Waals surface area contributed by atoms with Crippen molar-refractivity contribution in [1.29, 1.82) is 0 Å². The van der Waals surface area contributed by atoms with Crippen LogP contribution in [-0.2, 0) is 22.5 Å². The lowest BCUT2D eigenvalue weighted by Crippen LogP contribution is -2.21. The zero-order chi connectivity index (χ0) is 15.3. The van der Waals surface area contributed by atoms with E-state index < -0.39 is 18.2 Å². The Morgan fingerprint density at radius 1 is 1.40 bits per heavy atom. The van der Waals surface area contributed by atoms with Gasteiger partial charge < -0.3 is 15.2 Å². The van der Waals surface area contributed by atoms with Gasteiger partial charge in [-0.05, 0) is 25.0 Å². The third kappa shape index (κ3) is 4.37. The molecular weight excluding hydrogens is 277 g/mol. The van der Waals surface area contributed by atoms with Gasteiger partial charge in [0, 0.05) is 18.3 Å². The summed E-state index contributed by atoms with van der Waals surface area (Å²) >= 11 is 0. The Bertz CT molecular complexity index is 490. The van der Waals surface area contributed by atoms with Gasteiger partial charge in [-0.2, -0.15) is 0 Å². The number of rotatable bonds is 5. The summed E-state index contributed by atoms with van der Waals surface area (Å²) in [5.41, 5.74) is 6.40. The molecule has 1 aromatic rings. The lowest BCUT2D eigenvalue weighted by atomic mass is 10.0. The molecule has 1 heterocycles. The minimum atomic E-state index is -4.87. The van der Waals surface area contributed by atoms with Crippen LogP contribution in [0.2, 0.25) is 0 Å². The van der Waals surface area contributed by atoms with Crippen molar-refractivity contribution >= 4 is 5.97 Å². The minimum Gasteiger partial charge on any atom is -0.466 e. The molecule has 0 aliphatic heterocycles. The van der Waals surface area contributed by atoms with E-state index in [-0.39, 0.29) is 25.1 Å². The van der Waals surface area contributed by atoms with Gasteiger partial charge in [0.1, 0.15) is 0 Å². The zero-order valence-electron chi connectivity index (χ0n) is 11.1. The van der Waals surface area contributed by atoms with Gasteiger partial charge in [-0.15, -0.1) is 13.2 Å². The maximum absolute atomic E-state index is 12.3. The van der Waals surface area contributed by atoms with E-state index in [9.17, 15) is 18.0 Å².